The second-order valence-corrected chi connectivity index (χ2v) is 5.44. The van der Waals surface area contributed by atoms with Crippen LogP contribution in [-0.2, 0) is 6.54 Å². The van der Waals surface area contributed by atoms with E-state index in [2.05, 4.69) is 15.4 Å². The lowest BCUT2D eigenvalue weighted by Crippen LogP contribution is -2.15. The van der Waals surface area contributed by atoms with Crippen molar-refractivity contribution in [3.63, 3.8) is 0 Å². The van der Waals surface area contributed by atoms with Crippen molar-refractivity contribution >= 4 is 0 Å². The van der Waals surface area contributed by atoms with Crippen LogP contribution in [0.15, 0.2) is 42.5 Å². The molecule has 0 saturated heterocycles. The summed E-state index contributed by atoms with van der Waals surface area (Å²) >= 11 is 0. The SMILES string of the molecule is Cc1ccccc1-c1nnn(Cc2ccc3c(c2)OCCO3)n1. The van der Waals surface area contributed by atoms with Gasteiger partial charge in [-0.05, 0) is 35.4 Å². The third kappa shape index (κ3) is 2.75. The molecule has 0 bridgehead atoms. The Bertz CT molecular complexity index is 844. The quantitative estimate of drug-likeness (QED) is 0.744. The summed E-state index contributed by atoms with van der Waals surface area (Å²) in [5.74, 6) is 2.20. The highest BCUT2D eigenvalue weighted by atomic mass is 16.6. The zero-order valence-electron chi connectivity index (χ0n) is 12.8. The van der Waals surface area contributed by atoms with E-state index < -0.39 is 0 Å². The first-order valence-corrected chi connectivity index (χ1v) is 7.52. The van der Waals surface area contributed by atoms with E-state index in [1.165, 1.54) is 0 Å². The number of aryl methyl sites for hydroxylation is 1. The highest BCUT2D eigenvalue weighted by molar-refractivity contribution is 5.58. The van der Waals surface area contributed by atoms with E-state index in [0.717, 1.165) is 28.2 Å². The standard InChI is InChI=1S/C17H16N4O2/c1-12-4-2-3-5-14(12)17-18-20-21(19-17)11-13-6-7-15-16(10-13)23-9-8-22-15/h2-7,10H,8-9,11H2,1H3. The Labute approximate surface area is 133 Å². The maximum Gasteiger partial charge on any atom is 0.205 e. The van der Waals surface area contributed by atoms with Crippen molar-refractivity contribution in [3.8, 4) is 22.9 Å². The summed E-state index contributed by atoms with van der Waals surface area (Å²) < 4.78 is 11.1. The molecule has 0 fully saturated rings. The van der Waals surface area contributed by atoms with Gasteiger partial charge < -0.3 is 9.47 Å². The number of hydrogen-bond acceptors (Lipinski definition) is 5. The fraction of sp³-hybridized carbons (Fsp3) is 0.235. The van der Waals surface area contributed by atoms with E-state index in [-0.39, 0.29) is 0 Å². The highest BCUT2D eigenvalue weighted by Crippen LogP contribution is 2.30. The summed E-state index contributed by atoms with van der Waals surface area (Å²) in [4.78, 5) is 1.59. The van der Waals surface area contributed by atoms with Gasteiger partial charge in [-0.25, -0.2) is 0 Å². The Balaban J connectivity index is 1.57. The van der Waals surface area contributed by atoms with Crippen molar-refractivity contribution in [1.82, 2.24) is 20.2 Å². The van der Waals surface area contributed by atoms with Gasteiger partial charge in [0.05, 0.1) is 6.54 Å². The smallest absolute Gasteiger partial charge is 0.205 e. The predicted octanol–water partition coefficient (Wildman–Crippen LogP) is 2.47. The number of aromatic nitrogens is 4. The van der Waals surface area contributed by atoms with Gasteiger partial charge in [-0.15, -0.1) is 10.2 Å². The first-order chi connectivity index (χ1) is 11.3. The Hall–Kier alpha value is -2.89. The minimum Gasteiger partial charge on any atom is -0.486 e. The van der Waals surface area contributed by atoms with Gasteiger partial charge in [-0.2, -0.15) is 4.80 Å². The maximum atomic E-state index is 5.60. The third-order valence-corrected chi connectivity index (χ3v) is 3.77. The van der Waals surface area contributed by atoms with Crippen molar-refractivity contribution < 1.29 is 9.47 Å². The molecule has 3 aromatic rings. The van der Waals surface area contributed by atoms with Gasteiger partial charge in [0.25, 0.3) is 0 Å². The number of rotatable bonds is 3. The van der Waals surface area contributed by atoms with Crippen LogP contribution in [0.3, 0.4) is 0 Å². The molecular weight excluding hydrogens is 292 g/mol. The normalized spacial score (nSPS) is 13.1. The molecule has 1 aliphatic rings. The Morgan fingerprint density at radius 2 is 1.87 bits per heavy atom. The number of ether oxygens (including phenoxy) is 2. The molecule has 0 N–H and O–H groups in total. The van der Waals surface area contributed by atoms with Crippen LogP contribution in [0.4, 0.5) is 0 Å². The van der Waals surface area contributed by atoms with Gasteiger partial charge in [0.15, 0.2) is 11.5 Å². The first kappa shape index (κ1) is 13.8. The Morgan fingerprint density at radius 3 is 2.74 bits per heavy atom. The monoisotopic (exact) mass is 308 g/mol. The van der Waals surface area contributed by atoms with Crippen molar-refractivity contribution in [3.05, 3.63) is 53.6 Å². The summed E-state index contributed by atoms with van der Waals surface area (Å²) in [5.41, 5.74) is 3.18. The van der Waals surface area contributed by atoms with Crippen molar-refractivity contribution in [2.45, 2.75) is 13.5 Å². The number of hydrogen-bond donors (Lipinski definition) is 0. The van der Waals surface area contributed by atoms with E-state index >= 15 is 0 Å². The molecule has 2 aromatic carbocycles. The van der Waals surface area contributed by atoms with Gasteiger partial charge in [-0.1, -0.05) is 30.3 Å². The number of benzene rings is 2. The van der Waals surface area contributed by atoms with Crippen molar-refractivity contribution in [2.24, 2.45) is 0 Å². The van der Waals surface area contributed by atoms with Crippen LogP contribution in [0.2, 0.25) is 0 Å². The summed E-state index contributed by atoms with van der Waals surface area (Å²) in [6.45, 7) is 3.75. The van der Waals surface area contributed by atoms with Crippen LogP contribution in [-0.4, -0.2) is 33.4 Å². The molecule has 2 heterocycles. The average Bonchev–Trinajstić information content (AvgIpc) is 3.03. The van der Waals surface area contributed by atoms with Crippen LogP contribution in [0.1, 0.15) is 11.1 Å². The fourth-order valence-electron chi connectivity index (χ4n) is 2.59. The molecule has 0 amide bonds. The first-order valence-electron chi connectivity index (χ1n) is 7.52. The number of nitrogens with zero attached hydrogens (tertiary/aromatic N) is 4. The van der Waals surface area contributed by atoms with Crippen LogP contribution >= 0.6 is 0 Å². The molecule has 0 spiro atoms. The average molecular weight is 308 g/mol. The molecule has 6 nitrogen and oxygen atoms in total. The van der Waals surface area contributed by atoms with Crippen molar-refractivity contribution in [2.75, 3.05) is 13.2 Å². The summed E-state index contributed by atoms with van der Waals surface area (Å²) in [7, 11) is 0. The third-order valence-electron chi connectivity index (χ3n) is 3.77. The van der Waals surface area contributed by atoms with E-state index in [9.17, 15) is 0 Å². The zero-order chi connectivity index (χ0) is 15.6. The summed E-state index contributed by atoms with van der Waals surface area (Å²) in [5, 5.41) is 12.8. The van der Waals surface area contributed by atoms with E-state index in [1.54, 1.807) is 4.80 Å². The topological polar surface area (TPSA) is 62.1 Å². The van der Waals surface area contributed by atoms with Crippen LogP contribution in [0.25, 0.3) is 11.4 Å². The lowest BCUT2D eigenvalue weighted by molar-refractivity contribution is 0.171. The van der Waals surface area contributed by atoms with Crippen molar-refractivity contribution in [1.29, 1.82) is 0 Å². The minimum atomic E-state index is 0.537. The molecule has 1 aliphatic heterocycles. The molecule has 0 aliphatic carbocycles. The van der Waals surface area contributed by atoms with E-state index in [0.29, 0.717) is 25.6 Å². The van der Waals surface area contributed by atoms with Gasteiger partial charge in [0.1, 0.15) is 13.2 Å². The maximum absolute atomic E-state index is 5.60. The van der Waals surface area contributed by atoms with Crippen LogP contribution < -0.4 is 9.47 Å². The molecular formula is C17H16N4O2. The predicted molar refractivity (Wildman–Crippen MR) is 84.5 cm³/mol. The van der Waals surface area contributed by atoms with E-state index in [4.69, 9.17) is 9.47 Å². The second kappa shape index (κ2) is 5.72. The molecule has 1 aromatic heterocycles. The second-order valence-electron chi connectivity index (χ2n) is 5.44. The molecule has 23 heavy (non-hydrogen) atoms. The molecule has 116 valence electrons. The number of fused-ring (bicyclic) bond motifs is 1. The molecule has 4 rings (SSSR count). The Morgan fingerprint density at radius 1 is 1.04 bits per heavy atom. The summed E-state index contributed by atoms with van der Waals surface area (Å²) in [6, 6.07) is 13.9. The lowest BCUT2D eigenvalue weighted by atomic mass is 10.1. The molecule has 0 unspecified atom stereocenters. The minimum absolute atomic E-state index is 0.537. The number of tetrazole rings is 1. The zero-order valence-corrected chi connectivity index (χ0v) is 12.8. The molecule has 6 heteroatoms. The van der Waals surface area contributed by atoms with Gasteiger partial charge in [0, 0.05) is 5.56 Å². The van der Waals surface area contributed by atoms with E-state index in [1.807, 2.05) is 49.4 Å². The van der Waals surface area contributed by atoms with Gasteiger partial charge >= 0.3 is 0 Å². The molecule has 0 saturated carbocycles. The highest BCUT2D eigenvalue weighted by Gasteiger charge is 2.13. The van der Waals surface area contributed by atoms with Gasteiger partial charge in [-0.3, -0.25) is 0 Å². The fourth-order valence-corrected chi connectivity index (χ4v) is 2.59. The lowest BCUT2D eigenvalue weighted by Gasteiger charge is -2.18. The summed E-state index contributed by atoms with van der Waals surface area (Å²) in [6.07, 6.45) is 0. The van der Waals surface area contributed by atoms with Crippen LogP contribution in [0.5, 0.6) is 11.5 Å². The largest absolute Gasteiger partial charge is 0.486 e. The molecule has 0 atom stereocenters. The van der Waals surface area contributed by atoms with Gasteiger partial charge in [0.2, 0.25) is 5.82 Å². The molecule has 0 radical (unpaired) electrons. The Kier molecular flexibility index (Phi) is 3.42. The van der Waals surface area contributed by atoms with Crippen LogP contribution in [0, 0.1) is 6.92 Å².